The van der Waals surface area contributed by atoms with Gasteiger partial charge in [0.2, 0.25) is 5.91 Å². The van der Waals surface area contributed by atoms with Crippen molar-refractivity contribution in [1.82, 2.24) is 14.8 Å². The Kier molecular flexibility index (Phi) is 4.97. The molecule has 2 heterocycles. The van der Waals surface area contributed by atoms with Crippen molar-refractivity contribution in [2.24, 2.45) is 5.92 Å². The van der Waals surface area contributed by atoms with E-state index in [0.717, 1.165) is 47.8 Å². The number of anilines is 1. The molecule has 0 saturated carbocycles. The van der Waals surface area contributed by atoms with Gasteiger partial charge in [0.05, 0.1) is 0 Å². The van der Waals surface area contributed by atoms with Crippen LogP contribution in [0.25, 0.3) is 11.4 Å². The van der Waals surface area contributed by atoms with Crippen molar-refractivity contribution in [3.05, 3.63) is 29.6 Å². The number of hydrogen-bond donors (Lipinski definition) is 1. The van der Waals surface area contributed by atoms with Crippen LogP contribution in [-0.4, -0.2) is 20.7 Å². The summed E-state index contributed by atoms with van der Waals surface area (Å²) in [5.41, 5.74) is 2.94. The number of nitrogens with one attached hydrogen (secondary N) is 1. The smallest absolute Gasteiger partial charge is 0.227 e. The van der Waals surface area contributed by atoms with Crippen LogP contribution in [0, 0.1) is 12.8 Å². The van der Waals surface area contributed by atoms with E-state index in [0.29, 0.717) is 0 Å². The van der Waals surface area contributed by atoms with Gasteiger partial charge in [0.25, 0.3) is 0 Å². The molecule has 0 aliphatic carbocycles. The Hall–Kier alpha value is -2.17. The third-order valence-corrected chi connectivity index (χ3v) is 4.92. The Morgan fingerprint density at radius 1 is 1.29 bits per heavy atom. The quantitative estimate of drug-likeness (QED) is 0.925. The normalized spacial score (nSPS) is 15.5. The maximum Gasteiger partial charge on any atom is 0.227 e. The molecule has 3 rings (SSSR count). The summed E-state index contributed by atoms with van der Waals surface area (Å²) in [6, 6.07) is 6.13. The SMILES string of the molecule is CCC(C)C(=O)Nc1cc(-c2nnc3n2CCCCC3)ccc1C. The first-order valence-electron chi connectivity index (χ1n) is 8.94. The molecular formula is C19H26N4O. The van der Waals surface area contributed by atoms with E-state index in [2.05, 4.69) is 26.1 Å². The van der Waals surface area contributed by atoms with Gasteiger partial charge in [-0.05, 0) is 37.8 Å². The molecule has 0 saturated heterocycles. The molecule has 1 N–H and O–H groups in total. The molecule has 1 atom stereocenters. The average molecular weight is 326 g/mol. The third-order valence-electron chi connectivity index (χ3n) is 4.92. The minimum absolute atomic E-state index is 0.0115. The largest absolute Gasteiger partial charge is 0.326 e. The summed E-state index contributed by atoms with van der Waals surface area (Å²) in [4.78, 5) is 12.2. The van der Waals surface area contributed by atoms with Crippen LogP contribution in [0.15, 0.2) is 18.2 Å². The van der Waals surface area contributed by atoms with E-state index >= 15 is 0 Å². The second-order valence-electron chi connectivity index (χ2n) is 6.73. The van der Waals surface area contributed by atoms with Crippen LogP contribution >= 0.6 is 0 Å². The van der Waals surface area contributed by atoms with Gasteiger partial charge in [-0.2, -0.15) is 0 Å². The monoisotopic (exact) mass is 326 g/mol. The topological polar surface area (TPSA) is 59.8 Å². The summed E-state index contributed by atoms with van der Waals surface area (Å²) < 4.78 is 2.23. The highest BCUT2D eigenvalue weighted by molar-refractivity contribution is 5.93. The lowest BCUT2D eigenvalue weighted by Gasteiger charge is -2.14. The van der Waals surface area contributed by atoms with Gasteiger partial charge in [-0.15, -0.1) is 10.2 Å². The Bertz CT molecular complexity index is 735. The molecule has 5 heteroatoms. The molecule has 24 heavy (non-hydrogen) atoms. The maximum atomic E-state index is 12.2. The fourth-order valence-electron chi connectivity index (χ4n) is 3.04. The van der Waals surface area contributed by atoms with E-state index in [1.807, 2.05) is 32.9 Å². The van der Waals surface area contributed by atoms with Crippen molar-refractivity contribution < 1.29 is 4.79 Å². The number of aryl methyl sites for hydroxylation is 2. The summed E-state index contributed by atoms with van der Waals surface area (Å²) in [6.45, 7) is 6.96. The molecule has 1 amide bonds. The van der Waals surface area contributed by atoms with Crippen molar-refractivity contribution in [1.29, 1.82) is 0 Å². The van der Waals surface area contributed by atoms with Gasteiger partial charge in [0.15, 0.2) is 5.82 Å². The molecule has 2 aromatic rings. The number of amides is 1. The van der Waals surface area contributed by atoms with Gasteiger partial charge in [0, 0.05) is 30.1 Å². The fraction of sp³-hybridized carbons (Fsp3) is 0.526. The summed E-state index contributed by atoms with van der Waals surface area (Å²) in [7, 11) is 0. The maximum absolute atomic E-state index is 12.2. The number of rotatable bonds is 4. The molecular weight excluding hydrogens is 300 g/mol. The first kappa shape index (κ1) is 16.7. The predicted molar refractivity (Wildman–Crippen MR) is 95.8 cm³/mol. The second kappa shape index (κ2) is 7.16. The minimum Gasteiger partial charge on any atom is -0.326 e. The van der Waals surface area contributed by atoms with Crippen molar-refractivity contribution in [3.63, 3.8) is 0 Å². The average Bonchev–Trinajstić information content (AvgIpc) is 2.84. The molecule has 0 radical (unpaired) electrons. The van der Waals surface area contributed by atoms with Crippen LogP contribution in [0.2, 0.25) is 0 Å². The number of nitrogens with zero attached hydrogens (tertiary/aromatic N) is 3. The zero-order valence-corrected chi connectivity index (χ0v) is 14.8. The Morgan fingerprint density at radius 2 is 2.12 bits per heavy atom. The predicted octanol–water partition coefficient (Wildman–Crippen LogP) is 3.96. The first-order chi connectivity index (χ1) is 11.6. The molecule has 0 spiro atoms. The van der Waals surface area contributed by atoms with E-state index in [1.165, 1.54) is 19.3 Å². The van der Waals surface area contributed by atoms with Gasteiger partial charge >= 0.3 is 0 Å². The van der Waals surface area contributed by atoms with Crippen molar-refractivity contribution in [3.8, 4) is 11.4 Å². The van der Waals surface area contributed by atoms with Crippen molar-refractivity contribution in [2.45, 2.75) is 59.4 Å². The van der Waals surface area contributed by atoms with Crippen LogP contribution in [-0.2, 0) is 17.8 Å². The zero-order valence-electron chi connectivity index (χ0n) is 14.8. The van der Waals surface area contributed by atoms with E-state index in [4.69, 9.17) is 0 Å². The molecule has 128 valence electrons. The lowest BCUT2D eigenvalue weighted by Crippen LogP contribution is -2.20. The molecule has 1 aliphatic heterocycles. The highest BCUT2D eigenvalue weighted by Gasteiger charge is 2.17. The Morgan fingerprint density at radius 3 is 2.92 bits per heavy atom. The zero-order chi connectivity index (χ0) is 17.1. The Labute approximate surface area is 143 Å². The molecule has 1 unspecified atom stereocenters. The lowest BCUT2D eigenvalue weighted by molar-refractivity contribution is -0.119. The highest BCUT2D eigenvalue weighted by atomic mass is 16.1. The van der Waals surface area contributed by atoms with Crippen LogP contribution in [0.3, 0.4) is 0 Å². The number of hydrogen-bond acceptors (Lipinski definition) is 3. The van der Waals surface area contributed by atoms with Gasteiger partial charge in [-0.25, -0.2) is 0 Å². The van der Waals surface area contributed by atoms with Crippen LogP contribution in [0.5, 0.6) is 0 Å². The third kappa shape index (κ3) is 3.35. The standard InChI is InChI=1S/C19H26N4O/c1-4-13(2)19(24)20-16-12-15(10-9-14(16)3)18-22-21-17-8-6-5-7-11-23(17)18/h9-10,12-13H,4-8,11H2,1-3H3,(H,20,24). The molecule has 1 aromatic heterocycles. The number of aromatic nitrogens is 3. The summed E-state index contributed by atoms with van der Waals surface area (Å²) in [5.74, 6) is 2.06. The first-order valence-corrected chi connectivity index (χ1v) is 8.94. The van der Waals surface area contributed by atoms with Crippen LogP contribution in [0.1, 0.15) is 50.9 Å². The van der Waals surface area contributed by atoms with E-state index in [-0.39, 0.29) is 11.8 Å². The van der Waals surface area contributed by atoms with Crippen molar-refractivity contribution >= 4 is 11.6 Å². The number of carbonyl (C=O) groups excluding carboxylic acids is 1. The molecule has 5 nitrogen and oxygen atoms in total. The van der Waals surface area contributed by atoms with E-state index in [1.54, 1.807) is 0 Å². The Balaban J connectivity index is 1.91. The summed E-state index contributed by atoms with van der Waals surface area (Å²) in [6.07, 6.45) is 5.43. The van der Waals surface area contributed by atoms with Gasteiger partial charge in [-0.1, -0.05) is 32.4 Å². The minimum atomic E-state index is 0.0115. The van der Waals surface area contributed by atoms with E-state index in [9.17, 15) is 4.79 Å². The number of carbonyl (C=O) groups is 1. The number of benzene rings is 1. The lowest BCUT2D eigenvalue weighted by atomic mass is 10.1. The van der Waals surface area contributed by atoms with Crippen molar-refractivity contribution in [2.75, 3.05) is 5.32 Å². The summed E-state index contributed by atoms with van der Waals surface area (Å²) in [5, 5.41) is 11.8. The summed E-state index contributed by atoms with van der Waals surface area (Å²) >= 11 is 0. The van der Waals surface area contributed by atoms with Gasteiger partial charge in [-0.3, -0.25) is 4.79 Å². The number of fused-ring (bicyclic) bond motifs is 1. The fourth-order valence-corrected chi connectivity index (χ4v) is 3.04. The van der Waals surface area contributed by atoms with Gasteiger partial charge < -0.3 is 9.88 Å². The molecule has 1 aromatic carbocycles. The second-order valence-corrected chi connectivity index (χ2v) is 6.73. The molecule has 1 aliphatic rings. The van der Waals surface area contributed by atoms with Gasteiger partial charge in [0.1, 0.15) is 5.82 Å². The molecule has 0 fully saturated rings. The van der Waals surface area contributed by atoms with Crippen LogP contribution in [0.4, 0.5) is 5.69 Å². The van der Waals surface area contributed by atoms with Crippen LogP contribution < -0.4 is 5.32 Å². The molecule has 0 bridgehead atoms. The highest BCUT2D eigenvalue weighted by Crippen LogP contribution is 2.27. The van der Waals surface area contributed by atoms with E-state index < -0.39 is 0 Å².